The molecule has 0 aliphatic carbocycles. The molecule has 11 nitrogen and oxygen atoms in total. The first-order chi connectivity index (χ1) is 19.2. The van der Waals surface area contributed by atoms with E-state index in [4.69, 9.17) is 9.47 Å². The second-order valence-corrected chi connectivity index (χ2v) is 11.6. The maximum Gasteiger partial charge on any atom is 0.270 e. The molecule has 1 aromatic heterocycles. The third-order valence-electron chi connectivity index (χ3n) is 8.94. The minimum atomic E-state index is -1.18. The lowest BCUT2D eigenvalue weighted by Gasteiger charge is -2.36. The fraction of sp³-hybridized carbons (Fsp3) is 0.467. The summed E-state index contributed by atoms with van der Waals surface area (Å²) >= 11 is 0. The number of hydrogen-bond donors (Lipinski definition) is 5. The Hall–Kier alpha value is -4.28. The molecule has 2 unspecified atom stereocenters. The van der Waals surface area contributed by atoms with Crippen LogP contribution in [0.1, 0.15) is 71.2 Å². The standard InChI is InChI=1S/C30H37N5O6/c1-13-15(3)23-19(17(5)21(13)36)9-11-29(7,40-23)25(38)31-27-33-28(35-34-27)32-26(39)30(8)12-10-20-18(6)22(37)14(2)16(4)24(20)41-30/h36-37H,9-12H2,1-8H3,(H3,31,32,33,34,35,38,39). The second kappa shape index (κ2) is 9.67. The topological polar surface area (TPSA) is 159 Å². The van der Waals surface area contributed by atoms with Gasteiger partial charge in [-0.2, -0.15) is 4.98 Å². The van der Waals surface area contributed by atoms with Crippen LogP contribution in [0.3, 0.4) is 0 Å². The molecule has 2 amide bonds. The number of carbonyl (C=O) groups excluding carboxylic acids is 2. The lowest BCUT2D eigenvalue weighted by Crippen LogP contribution is -2.48. The van der Waals surface area contributed by atoms with Gasteiger partial charge in [0.15, 0.2) is 11.2 Å². The number of hydrogen-bond acceptors (Lipinski definition) is 8. The Morgan fingerprint density at radius 1 is 0.732 bits per heavy atom. The summed E-state index contributed by atoms with van der Waals surface area (Å²) in [6.07, 6.45) is 1.93. The van der Waals surface area contributed by atoms with Crippen molar-refractivity contribution in [3.05, 3.63) is 44.5 Å². The summed E-state index contributed by atoms with van der Waals surface area (Å²) in [4.78, 5) is 30.8. The Morgan fingerprint density at radius 3 is 1.63 bits per heavy atom. The molecule has 0 spiro atoms. The molecule has 0 saturated heterocycles. The van der Waals surface area contributed by atoms with E-state index in [2.05, 4.69) is 25.8 Å². The van der Waals surface area contributed by atoms with Crippen LogP contribution >= 0.6 is 0 Å². The van der Waals surface area contributed by atoms with Crippen molar-refractivity contribution in [2.45, 2.75) is 92.3 Å². The first kappa shape index (κ1) is 28.3. The first-order valence-electron chi connectivity index (χ1n) is 13.7. The molecule has 3 aromatic rings. The van der Waals surface area contributed by atoms with Gasteiger partial charge >= 0.3 is 0 Å². The zero-order valence-corrected chi connectivity index (χ0v) is 24.8. The highest BCUT2D eigenvalue weighted by molar-refractivity contribution is 5.98. The highest BCUT2D eigenvalue weighted by atomic mass is 16.5. The second-order valence-electron chi connectivity index (χ2n) is 11.6. The lowest BCUT2D eigenvalue weighted by molar-refractivity contribution is -0.131. The minimum Gasteiger partial charge on any atom is -0.507 e. The van der Waals surface area contributed by atoms with Crippen LogP contribution in [-0.2, 0) is 22.4 Å². The minimum absolute atomic E-state index is 0.00617. The molecule has 3 heterocycles. The van der Waals surface area contributed by atoms with Crippen LogP contribution in [0, 0.1) is 41.5 Å². The molecular weight excluding hydrogens is 526 g/mol. The van der Waals surface area contributed by atoms with E-state index in [9.17, 15) is 19.8 Å². The summed E-state index contributed by atoms with van der Waals surface area (Å²) in [6.45, 7) is 14.5. The largest absolute Gasteiger partial charge is 0.507 e. The van der Waals surface area contributed by atoms with Crippen molar-refractivity contribution >= 4 is 23.7 Å². The monoisotopic (exact) mass is 563 g/mol. The van der Waals surface area contributed by atoms with Crippen molar-refractivity contribution < 1.29 is 29.3 Å². The number of fused-ring (bicyclic) bond motifs is 2. The molecule has 2 atom stereocenters. The van der Waals surface area contributed by atoms with Gasteiger partial charge in [0.05, 0.1) is 0 Å². The maximum atomic E-state index is 13.3. The highest BCUT2D eigenvalue weighted by Crippen LogP contribution is 2.45. The Balaban J connectivity index is 1.28. The Kier molecular flexibility index (Phi) is 6.67. The third kappa shape index (κ3) is 4.53. The summed E-state index contributed by atoms with van der Waals surface area (Å²) in [5, 5.41) is 33.0. The number of nitrogens with zero attached hydrogens (tertiary/aromatic N) is 2. The predicted octanol–water partition coefficient (Wildman–Crippen LogP) is 4.51. The van der Waals surface area contributed by atoms with E-state index in [0.29, 0.717) is 37.2 Å². The van der Waals surface area contributed by atoms with Crippen LogP contribution < -0.4 is 20.1 Å². The molecule has 0 saturated carbocycles. The number of aromatic hydroxyl groups is 2. The molecule has 5 N–H and O–H groups in total. The number of benzene rings is 2. The Morgan fingerprint density at radius 2 is 1.17 bits per heavy atom. The molecule has 2 aliphatic heterocycles. The fourth-order valence-corrected chi connectivity index (χ4v) is 5.66. The van der Waals surface area contributed by atoms with Crippen molar-refractivity contribution in [1.82, 2.24) is 15.2 Å². The fourth-order valence-electron chi connectivity index (χ4n) is 5.66. The van der Waals surface area contributed by atoms with Gasteiger partial charge in [0, 0.05) is 24.0 Å². The Bertz CT molecular complexity index is 1500. The summed E-state index contributed by atoms with van der Waals surface area (Å²) in [5.41, 5.74) is 4.00. The SMILES string of the molecule is Cc1c(C)c2c(c(C)c1O)CCC(C)(C(=O)Nc1n[nH]c(NC(=O)C3(C)CCc4c(C)c(O)c(C)c(C)c4O3)n1)O2. The quantitative estimate of drug-likeness (QED) is 0.310. The van der Waals surface area contributed by atoms with E-state index in [1.807, 2.05) is 41.5 Å². The van der Waals surface area contributed by atoms with Gasteiger partial charge in [-0.1, -0.05) is 0 Å². The summed E-state index contributed by atoms with van der Waals surface area (Å²) in [6, 6.07) is 0. The molecule has 2 aromatic carbocycles. The molecule has 5 rings (SSSR count). The van der Waals surface area contributed by atoms with Gasteiger partial charge in [0.1, 0.15) is 23.0 Å². The van der Waals surface area contributed by atoms with Crippen LogP contribution in [0.25, 0.3) is 0 Å². The van der Waals surface area contributed by atoms with E-state index < -0.39 is 23.0 Å². The van der Waals surface area contributed by atoms with Gasteiger partial charge in [-0.15, -0.1) is 5.10 Å². The molecule has 41 heavy (non-hydrogen) atoms. The number of H-pyrrole nitrogens is 1. The number of aromatic amines is 1. The van der Waals surface area contributed by atoms with Crippen LogP contribution in [0.2, 0.25) is 0 Å². The van der Waals surface area contributed by atoms with Gasteiger partial charge in [0.2, 0.25) is 11.9 Å². The molecule has 2 aliphatic rings. The van der Waals surface area contributed by atoms with Gasteiger partial charge in [-0.25, -0.2) is 5.10 Å². The van der Waals surface area contributed by atoms with E-state index >= 15 is 0 Å². The van der Waals surface area contributed by atoms with E-state index in [-0.39, 0.29) is 23.4 Å². The van der Waals surface area contributed by atoms with Crippen LogP contribution in [0.5, 0.6) is 23.0 Å². The first-order valence-corrected chi connectivity index (χ1v) is 13.7. The zero-order chi connectivity index (χ0) is 30.0. The van der Waals surface area contributed by atoms with Crippen molar-refractivity contribution in [2.24, 2.45) is 0 Å². The smallest absolute Gasteiger partial charge is 0.270 e. The van der Waals surface area contributed by atoms with Crippen LogP contribution in [0.15, 0.2) is 0 Å². The predicted molar refractivity (Wildman–Crippen MR) is 153 cm³/mol. The number of amides is 2. The Labute approximate surface area is 238 Å². The number of phenolic OH excluding ortho intramolecular Hbond substituents is 2. The lowest BCUT2D eigenvalue weighted by atomic mass is 9.86. The molecule has 0 radical (unpaired) electrons. The number of ether oxygens (including phenoxy) is 2. The number of carbonyl (C=O) groups is 2. The number of phenols is 2. The number of anilines is 2. The number of rotatable bonds is 4. The normalized spacial score (nSPS) is 21.3. The van der Waals surface area contributed by atoms with Crippen LogP contribution in [-0.4, -0.2) is 48.4 Å². The summed E-state index contributed by atoms with van der Waals surface area (Å²) in [5.74, 6) is 0.958. The number of nitrogens with one attached hydrogen (secondary N) is 3. The molecule has 0 fully saturated rings. The average Bonchev–Trinajstić information content (AvgIpc) is 3.38. The van der Waals surface area contributed by atoms with Gasteiger partial charge in [0.25, 0.3) is 11.8 Å². The van der Waals surface area contributed by atoms with Crippen molar-refractivity contribution in [3.8, 4) is 23.0 Å². The molecular formula is C30H37N5O6. The summed E-state index contributed by atoms with van der Waals surface area (Å²) < 4.78 is 12.5. The highest BCUT2D eigenvalue weighted by Gasteiger charge is 2.43. The van der Waals surface area contributed by atoms with Crippen molar-refractivity contribution in [2.75, 3.05) is 10.6 Å². The van der Waals surface area contributed by atoms with Gasteiger partial charge in [-0.3, -0.25) is 20.2 Å². The number of aromatic nitrogens is 3. The molecule has 11 heteroatoms. The third-order valence-corrected chi connectivity index (χ3v) is 8.94. The van der Waals surface area contributed by atoms with E-state index in [0.717, 1.165) is 44.5 Å². The van der Waals surface area contributed by atoms with E-state index in [1.165, 1.54) is 0 Å². The summed E-state index contributed by atoms with van der Waals surface area (Å²) in [7, 11) is 0. The van der Waals surface area contributed by atoms with Gasteiger partial charge in [-0.05, 0) is 102 Å². The zero-order valence-electron chi connectivity index (χ0n) is 24.8. The van der Waals surface area contributed by atoms with Crippen molar-refractivity contribution in [3.63, 3.8) is 0 Å². The van der Waals surface area contributed by atoms with E-state index in [1.54, 1.807) is 13.8 Å². The van der Waals surface area contributed by atoms with Crippen LogP contribution in [0.4, 0.5) is 11.9 Å². The van der Waals surface area contributed by atoms with Crippen molar-refractivity contribution in [1.29, 1.82) is 0 Å². The molecule has 0 bridgehead atoms. The van der Waals surface area contributed by atoms with Gasteiger partial charge < -0.3 is 19.7 Å². The molecule has 218 valence electrons. The maximum absolute atomic E-state index is 13.3. The average molecular weight is 564 g/mol.